The summed E-state index contributed by atoms with van der Waals surface area (Å²) in [5.41, 5.74) is 2.12. The van der Waals surface area contributed by atoms with E-state index in [0.29, 0.717) is 6.42 Å². The average molecular weight is 438 g/mol. The van der Waals surface area contributed by atoms with Gasteiger partial charge in [-0.2, -0.15) is 0 Å². The van der Waals surface area contributed by atoms with Gasteiger partial charge in [0.05, 0.1) is 6.04 Å². The molecule has 2 rings (SSSR count). The number of fused-ring (bicyclic) bond motifs is 1. The summed E-state index contributed by atoms with van der Waals surface area (Å²) in [4.78, 5) is 14.8. The molecule has 176 valence electrons. The minimum atomic E-state index is -0.296. The van der Waals surface area contributed by atoms with Gasteiger partial charge in [-0.1, -0.05) is 88.1 Å². The molecule has 3 nitrogen and oxygen atoms in total. The largest absolute Gasteiger partial charge is 0.511 e. The maximum atomic E-state index is 13.0. The summed E-state index contributed by atoms with van der Waals surface area (Å²) >= 11 is 0. The predicted octanol–water partition coefficient (Wildman–Crippen LogP) is 8.22. The number of hydrogen-bond donors (Lipinski definition) is 1. The van der Waals surface area contributed by atoms with Crippen molar-refractivity contribution in [1.82, 2.24) is 0 Å². The number of benzene rings is 1. The molecule has 1 aliphatic rings. The molecule has 0 fully saturated rings. The fraction of sp³-hybridized carbons (Fsp3) is 0.552. The molecule has 1 amide bonds. The van der Waals surface area contributed by atoms with E-state index in [2.05, 4.69) is 43.9 Å². The van der Waals surface area contributed by atoms with Crippen LogP contribution in [0, 0.1) is 0 Å². The van der Waals surface area contributed by atoms with Crippen LogP contribution in [0.15, 0.2) is 60.9 Å². The summed E-state index contributed by atoms with van der Waals surface area (Å²) in [5.74, 6) is 0.191. The summed E-state index contributed by atoms with van der Waals surface area (Å²) in [7, 11) is 0. The molecule has 0 aliphatic carbocycles. The van der Waals surface area contributed by atoms with Crippen LogP contribution in [0.5, 0.6) is 0 Å². The summed E-state index contributed by atoms with van der Waals surface area (Å²) in [5, 5.41) is 10.0. The Morgan fingerprint density at radius 3 is 2.38 bits per heavy atom. The normalized spacial score (nSPS) is 16.0. The molecular weight excluding hydrogens is 394 g/mol. The molecule has 32 heavy (non-hydrogen) atoms. The lowest BCUT2D eigenvalue weighted by Crippen LogP contribution is -2.44. The van der Waals surface area contributed by atoms with Crippen LogP contribution in [0.1, 0.15) is 96.0 Å². The van der Waals surface area contributed by atoms with Crippen LogP contribution in [0.25, 0.3) is 0 Å². The van der Waals surface area contributed by atoms with Gasteiger partial charge in [-0.25, -0.2) is 0 Å². The number of aliphatic hydroxyl groups is 1. The second kappa shape index (κ2) is 15.5. The highest BCUT2D eigenvalue weighted by Gasteiger charge is 2.32. The van der Waals surface area contributed by atoms with Gasteiger partial charge in [-0.05, 0) is 63.0 Å². The molecule has 0 bridgehead atoms. The van der Waals surface area contributed by atoms with Gasteiger partial charge in [0.2, 0.25) is 5.91 Å². The van der Waals surface area contributed by atoms with E-state index < -0.39 is 0 Å². The highest BCUT2D eigenvalue weighted by molar-refractivity contribution is 5.95. The first kappa shape index (κ1) is 26.0. The van der Waals surface area contributed by atoms with Crippen molar-refractivity contribution >= 4 is 11.6 Å². The Morgan fingerprint density at radius 2 is 1.66 bits per heavy atom. The Hall–Kier alpha value is -2.29. The number of hydrogen-bond acceptors (Lipinski definition) is 2. The number of anilines is 1. The maximum absolute atomic E-state index is 13.0. The Balaban J connectivity index is 1.59. The van der Waals surface area contributed by atoms with Gasteiger partial charge in [-0.3, -0.25) is 4.79 Å². The number of carbonyl (C=O) groups is 1. The highest BCUT2D eigenvalue weighted by atomic mass is 16.3. The summed E-state index contributed by atoms with van der Waals surface area (Å²) in [6.07, 6.45) is 24.2. The van der Waals surface area contributed by atoms with E-state index in [-0.39, 0.29) is 17.7 Å². The molecule has 1 aromatic rings. The van der Waals surface area contributed by atoms with Crippen molar-refractivity contribution in [3.8, 4) is 0 Å². The van der Waals surface area contributed by atoms with E-state index in [1.54, 1.807) is 4.90 Å². The van der Waals surface area contributed by atoms with E-state index >= 15 is 0 Å². The maximum Gasteiger partial charge on any atom is 0.227 e. The summed E-state index contributed by atoms with van der Waals surface area (Å²) < 4.78 is 0. The molecule has 1 aromatic carbocycles. The number of nitrogens with zero attached hydrogens (tertiary/aromatic N) is 1. The van der Waals surface area contributed by atoms with E-state index in [1.165, 1.54) is 50.5 Å². The second-order valence-corrected chi connectivity index (χ2v) is 8.92. The fourth-order valence-electron chi connectivity index (χ4n) is 4.38. The van der Waals surface area contributed by atoms with Crippen molar-refractivity contribution in [2.45, 2.75) is 103 Å². The van der Waals surface area contributed by atoms with Gasteiger partial charge in [0.15, 0.2) is 0 Å². The third-order valence-electron chi connectivity index (χ3n) is 6.24. The van der Waals surface area contributed by atoms with Crippen LogP contribution >= 0.6 is 0 Å². The molecule has 3 heteroatoms. The van der Waals surface area contributed by atoms with Gasteiger partial charge in [0.25, 0.3) is 0 Å². The Bertz CT molecular complexity index is 749. The number of amides is 1. The number of unbranched alkanes of at least 4 members (excludes halogenated alkanes) is 8. The zero-order chi connectivity index (χ0) is 23.0. The van der Waals surface area contributed by atoms with Crippen LogP contribution in [-0.2, 0) is 11.2 Å². The number of aryl methyl sites for hydroxylation is 1. The standard InChI is InChI=1S/C29H43NO2/c1-3-4-5-6-7-8-9-10-11-12-13-14-15-16-17-22-29(32)30-27(25(2)31)24-23-26-20-18-19-21-28(26)30/h7-8,10-11,18-21,27,31H,2-6,9,12-17,22-24H2,1H3/b8-7-,11-10-. The lowest BCUT2D eigenvalue weighted by atomic mass is 9.94. The highest BCUT2D eigenvalue weighted by Crippen LogP contribution is 2.33. The summed E-state index contributed by atoms with van der Waals surface area (Å²) in [6, 6.07) is 7.73. The molecule has 0 radical (unpaired) electrons. The zero-order valence-electron chi connectivity index (χ0n) is 20.1. The van der Waals surface area contributed by atoms with Crippen molar-refractivity contribution < 1.29 is 9.90 Å². The molecule has 0 spiro atoms. The molecule has 1 aliphatic heterocycles. The number of carbonyl (C=O) groups excluding carboxylic acids is 1. The van der Waals surface area contributed by atoms with Gasteiger partial charge in [0, 0.05) is 12.1 Å². The first-order valence-electron chi connectivity index (χ1n) is 12.7. The Labute approximate surface area is 195 Å². The smallest absolute Gasteiger partial charge is 0.227 e. The van der Waals surface area contributed by atoms with Crippen LogP contribution in [0.2, 0.25) is 0 Å². The monoisotopic (exact) mass is 437 g/mol. The van der Waals surface area contributed by atoms with Gasteiger partial charge in [-0.15, -0.1) is 0 Å². The molecule has 1 unspecified atom stereocenters. The van der Waals surface area contributed by atoms with E-state index in [9.17, 15) is 9.90 Å². The number of para-hydroxylation sites is 1. The molecule has 1 atom stereocenters. The van der Waals surface area contributed by atoms with Crippen molar-refractivity contribution in [2.24, 2.45) is 0 Å². The SMILES string of the molecule is C=C(O)C1CCc2ccccc2N1C(=O)CCCCCCC/C=C\C/C=C\CCCCC. The Morgan fingerprint density at radius 1 is 1.00 bits per heavy atom. The van der Waals surface area contributed by atoms with Crippen molar-refractivity contribution in [3.05, 3.63) is 66.5 Å². The predicted molar refractivity (Wildman–Crippen MR) is 137 cm³/mol. The van der Waals surface area contributed by atoms with Crippen LogP contribution in [0.3, 0.4) is 0 Å². The molecule has 0 aromatic heterocycles. The van der Waals surface area contributed by atoms with Crippen molar-refractivity contribution in [1.29, 1.82) is 0 Å². The van der Waals surface area contributed by atoms with E-state index in [4.69, 9.17) is 0 Å². The van der Waals surface area contributed by atoms with Gasteiger partial charge in [0.1, 0.15) is 5.76 Å². The lowest BCUT2D eigenvalue weighted by Gasteiger charge is -2.36. The molecule has 1 heterocycles. The van der Waals surface area contributed by atoms with Crippen LogP contribution in [-0.4, -0.2) is 17.1 Å². The topological polar surface area (TPSA) is 40.5 Å². The Kier molecular flexibility index (Phi) is 12.6. The van der Waals surface area contributed by atoms with Gasteiger partial charge < -0.3 is 10.0 Å². The van der Waals surface area contributed by atoms with Crippen LogP contribution < -0.4 is 4.90 Å². The second-order valence-electron chi connectivity index (χ2n) is 8.92. The summed E-state index contributed by atoms with van der Waals surface area (Å²) in [6.45, 7) is 5.96. The average Bonchev–Trinajstić information content (AvgIpc) is 2.80. The minimum Gasteiger partial charge on any atom is -0.511 e. The van der Waals surface area contributed by atoms with Crippen molar-refractivity contribution in [2.75, 3.05) is 4.90 Å². The minimum absolute atomic E-state index is 0.0906. The third kappa shape index (κ3) is 9.06. The van der Waals surface area contributed by atoms with E-state index in [0.717, 1.165) is 44.2 Å². The fourth-order valence-corrected chi connectivity index (χ4v) is 4.38. The third-order valence-corrected chi connectivity index (χ3v) is 6.24. The quantitative estimate of drug-likeness (QED) is 0.170. The zero-order valence-corrected chi connectivity index (χ0v) is 20.1. The first-order chi connectivity index (χ1) is 15.6. The molecule has 1 N–H and O–H groups in total. The molecule has 0 saturated carbocycles. The van der Waals surface area contributed by atoms with Gasteiger partial charge >= 0.3 is 0 Å². The van der Waals surface area contributed by atoms with E-state index in [1.807, 2.05) is 18.2 Å². The first-order valence-corrected chi connectivity index (χ1v) is 12.7. The number of allylic oxidation sites excluding steroid dienone is 4. The number of aliphatic hydroxyl groups excluding tert-OH is 1. The number of rotatable bonds is 15. The lowest BCUT2D eigenvalue weighted by molar-refractivity contribution is -0.119. The van der Waals surface area contributed by atoms with Crippen molar-refractivity contribution in [3.63, 3.8) is 0 Å². The molecular formula is C29H43NO2. The van der Waals surface area contributed by atoms with Crippen LogP contribution in [0.4, 0.5) is 5.69 Å². The molecule has 0 saturated heterocycles.